The Kier molecular flexibility index (Phi) is 14.2. The van der Waals surface area contributed by atoms with Crippen molar-refractivity contribution in [2.24, 2.45) is 0 Å². The van der Waals surface area contributed by atoms with Gasteiger partial charge in [-0.05, 0) is 121 Å². The van der Waals surface area contributed by atoms with Gasteiger partial charge >= 0.3 is 0 Å². The van der Waals surface area contributed by atoms with Gasteiger partial charge in [0.1, 0.15) is 0 Å². The summed E-state index contributed by atoms with van der Waals surface area (Å²) in [6, 6.07) is 45.3. The van der Waals surface area contributed by atoms with Crippen LogP contribution >= 0.6 is 23.2 Å². The standard InChI is InChI=1S/2C25H27ClN2O/c2*1-17(21-10-6-8-18-7-2-3-9-22(18)21)27-23-11-4-5-12-24(23)28-25(29)19-13-15-20(26)16-14-19/h2*2-3,6-10,13-17,23-24,27H,4-5,11-12H2,1H3,(H,28,29)/t2*17-,23+,24+/m11/s1. The van der Waals surface area contributed by atoms with Crippen LogP contribution in [0.5, 0.6) is 0 Å². The van der Waals surface area contributed by atoms with Crippen molar-refractivity contribution in [3.05, 3.63) is 166 Å². The molecule has 2 fully saturated rings. The highest BCUT2D eigenvalue weighted by Gasteiger charge is 2.30. The van der Waals surface area contributed by atoms with E-state index in [2.05, 4.69) is 120 Å². The molecule has 0 heterocycles. The molecule has 8 rings (SSSR count). The lowest BCUT2D eigenvalue weighted by molar-refractivity contribution is 0.0905. The van der Waals surface area contributed by atoms with Gasteiger partial charge in [-0.15, -0.1) is 0 Å². The molecular formula is C50H54Cl2N4O2. The Balaban J connectivity index is 0.000000177. The number of carbonyl (C=O) groups is 2. The molecule has 0 aliphatic heterocycles. The summed E-state index contributed by atoms with van der Waals surface area (Å²) >= 11 is 11.9. The first-order valence-corrected chi connectivity index (χ1v) is 21.6. The molecule has 8 heteroatoms. The zero-order chi connectivity index (χ0) is 40.4. The molecule has 300 valence electrons. The van der Waals surface area contributed by atoms with Crippen LogP contribution in [0.15, 0.2) is 133 Å². The maximum absolute atomic E-state index is 12.7. The van der Waals surface area contributed by atoms with E-state index in [1.807, 2.05) is 0 Å². The second-order valence-electron chi connectivity index (χ2n) is 15.9. The highest BCUT2D eigenvalue weighted by atomic mass is 35.5. The summed E-state index contributed by atoms with van der Waals surface area (Å²) in [6.45, 7) is 4.43. The van der Waals surface area contributed by atoms with Gasteiger partial charge in [-0.3, -0.25) is 9.59 Å². The molecule has 0 unspecified atom stereocenters. The smallest absolute Gasteiger partial charge is 0.251 e. The number of rotatable bonds is 10. The van der Waals surface area contributed by atoms with E-state index >= 15 is 0 Å². The quantitative estimate of drug-likeness (QED) is 0.111. The molecule has 2 aliphatic rings. The molecule has 0 aromatic heterocycles. The van der Waals surface area contributed by atoms with Crippen molar-refractivity contribution in [1.29, 1.82) is 0 Å². The zero-order valence-electron chi connectivity index (χ0n) is 33.4. The monoisotopic (exact) mass is 812 g/mol. The summed E-state index contributed by atoms with van der Waals surface area (Å²) in [5, 5.41) is 20.5. The van der Waals surface area contributed by atoms with E-state index in [9.17, 15) is 9.59 Å². The fraction of sp³-hybridized carbons (Fsp3) is 0.320. The van der Waals surface area contributed by atoms with Gasteiger partial charge in [0.15, 0.2) is 0 Å². The van der Waals surface area contributed by atoms with E-state index < -0.39 is 0 Å². The number of amides is 2. The minimum atomic E-state index is -0.0295. The summed E-state index contributed by atoms with van der Waals surface area (Å²) in [4.78, 5) is 25.4. The van der Waals surface area contributed by atoms with Crippen molar-refractivity contribution in [1.82, 2.24) is 21.3 Å². The predicted octanol–water partition coefficient (Wildman–Crippen LogP) is 11.8. The second kappa shape index (κ2) is 19.8. The van der Waals surface area contributed by atoms with Crippen LogP contribution < -0.4 is 21.3 Å². The first kappa shape index (κ1) is 41.4. The van der Waals surface area contributed by atoms with E-state index in [1.54, 1.807) is 48.5 Å². The summed E-state index contributed by atoms with van der Waals surface area (Å²) in [5.41, 5.74) is 3.91. The largest absolute Gasteiger partial charge is 0.348 e. The molecule has 0 saturated heterocycles. The first-order valence-electron chi connectivity index (χ1n) is 20.8. The molecule has 2 saturated carbocycles. The van der Waals surface area contributed by atoms with Crippen molar-refractivity contribution < 1.29 is 9.59 Å². The predicted molar refractivity (Wildman–Crippen MR) is 241 cm³/mol. The van der Waals surface area contributed by atoms with E-state index in [-0.39, 0.29) is 48.1 Å². The van der Waals surface area contributed by atoms with Gasteiger partial charge in [-0.25, -0.2) is 0 Å². The SMILES string of the molecule is C[C@@H](N[C@H]1CCCC[C@@H]1NC(=O)c1ccc(Cl)cc1)c1cccc2ccccc12.C[C@@H](N[C@H]1CCCC[C@@H]1NC(=O)c1ccc(Cl)cc1)c1cccc2ccccc12. The van der Waals surface area contributed by atoms with Crippen molar-refractivity contribution in [2.45, 2.75) is 101 Å². The molecule has 6 aromatic carbocycles. The van der Waals surface area contributed by atoms with E-state index in [1.165, 1.54) is 45.5 Å². The Morgan fingerprint density at radius 1 is 0.466 bits per heavy atom. The van der Waals surface area contributed by atoms with Crippen LogP contribution in [-0.2, 0) is 0 Å². The molecular weight excluding hydrogens is 759 g/mol. The summed E-state index contributed by atoms with van der Waals surface area (Å²) < 4.78 is 0. The molecule has 4 N–H and O–H groups in total. The zero-order valence-corrected chi connectivity index (χ0v) is 34.9. The Bertz CT molecular complexity index is 2120. The van der Waals surface area contributed by atoms with Gasteiger partial charge in [-0.1, -0.05) is 134 Å². The number of halogens is 2. The average molecular weight is 814 g/mol. The van der Waals surface area contributed by atoms with Gasteiger partial charge in [0, 0.05) is 57.4 Å². The van der Waals surface area contributed by atoms with Crippen LogP contribution in [-0.4, -0.2) is 36.0 Å². The topological polar surface area (TPSA) is 82.3 Å². The molecule has 0 bridgehead atoms. The van der Waals surface area contributed by atoms with Gasteiger partial charge in [-0.2, -0.15) is 0 Å². The normalized spacial score (nSPS) is 20.3. The molecule has 0 radical (unpaired) electrons. The third-order valence-corrected chi connectivity index (χ3v) is 12.4. The van der Waals surface area contributed by atoms with E-state index in [0.29, 0.717) is 21.2 Å². The van der Waals surface area contributed by atoms with Crippen LogP contribution in [0.1, 0.15) is 109 Å². The first-order chi connectivity index (χ1) is 28.2. The van der Waals surface area contributed by atoms with Gasteiger partial charge in [0.05, 0.1) is 0 Å². The van der Waals surface area contributed by atoms with E-state index in [0.717, 1.165) is 38.5 Å². The Hall–Kier alpha value is -4.72. The minimum Gasteiger partial charge on any atom is -0.348 e. The lowest BCUT2D eigenvalue weighted by Gasteiger charge is -2.35. The van der Waals surface area contributed by atoms with Crippen LogP contribution in [0.25, 0.3) is 21.5 Å². The maximum Gasteiger partial charge on any atom is 0.251 e. The molecule has 6 aromatic rings. The Morgan fingerprint density at radius 2 is 0.810 bits per heavy atom. The molecule has 2 amide bonds. The van der Waals surface area contributed by atoms with Crippen molar-refractivity contribution >= 4 is 56.6 Å². The lowest BCUT2D eigenvalue weighted by Crippen LogP contribution is -2.52. The van der Waals surface area contributed by atoms with Crippen LogP contribution in [0.2, 0.25) is 10.0 Å². The minimum absolute atomic E-state index is 0.0295. The third-order valence-electron chi connectivity index (χ3n) is 11.9. The van der Waals surface area contributed by atoms with Crippen molar-refractivity contribution in [3.8, 4) is 0 Å². The number of hydrogen-bond donors (Lipinski definition) is 4. The molecule has 0 spiro atoms. The van der Waals surface area contributed by atoms with E-state index in [4.69, 9.17) is 23.2 Å². The number of carbonyl (C=O) groups excluding carboxylic acids is 2. The highest BCUT2D eigenvalue weighted by molar-refractivity contribution is 6.31. The maximum atomic E-state index is 12.7. The second-order valence-corrected chi connectivity index (χ2v) is 16.7. The third kappa shape index (κ3) is 10.5. The number of nitrogens with one attached hydrogen (secondary N) is 4. The molecule has 2 aliphatic carbocycles. The van der Waals surface area contributed by atoms with Crippen LogP contribution in [0, 0.1) is 0 Å². The molecule has 6 atom stereocenters. The Morgan fingerprint density at radius 3 is 1.21 bits per heavy atom. The highest BCUT2D eigenvalue weighted by Crippen LogP contribution is 2.29. The number of fused-ring (bicyclic) bond motifs is 2. The Labute approximate surface area is 353 Å². The lowest BCUT2D eigenvalue weighted by atomic mass is 9.88. The number of hydrogen-bond acceptors (Lipinski definition) is 4. The average Bonchev–Trinajstić information content (AvgIpc) is 3.25. The van der Waals surface area contributed by atoms with Crippen LogP contribution in [0.4, 0.5) is 0 Å². The summed E-state index contributed by atoms with van der Waals surface area (Å²) in [6.07, 6.45) is 8.80. The van der Waals surface area contributed by atoms with Crippen molar-refractivity contribution in [3.63, 3.8) is 0 Å². The summed E-state index contributed by atoms with van der Waals surface area (Å²) in [7, 11) is 0. The fourth-order valence-electron chi connectivity index (χ4n) is 8.79. The number of benzene rings is 6. The van der Waals surface area contributed by atoms with Crippen molar-refractivity contribution in [2.75, 3.05) is 0 Å². The molecule has 58 heavy (non-hydrogen) atoms. The summed E-state index contributed by atoms with van der Waals surface area (Å²) in [5.74, 6) is -0.0589. The molecule has 6 nitrogen and oxygen atoms in total. The van der Waals surface area contributed by atoms with Gasteiger partial charge < -0.3 is 21.3 Å². The van der Waals surface area contributed by atoms with Gasteiger partial charge in [0.25, 0.3) is 11.8 Å². The van der Waals surface area contributed by atoms with Crippen LogP contribution in [0.3, 0.4) is 0 Å². The van der Waals surface area contributed by atoms with Gasteiger partial charge in [0.2, 0.25) is 0 Å². The fourth-order valence-corrected chi connectivity index (χ4v) is 9.04.